The van der Waals surface area contributed by atoms with Crippen LogP contribution in [0.15, 0.2) is 42.5 Å². The Balaban J connectivity index is 1.39. The van der Waals surface area contributed by atoms with Gasteiger partial charge in [-0.2, -0.15) is 0 Å². The number of nitrogens with two attached hydrogens (primary N) is 1. The SMILES string of the molecule is NS(=O)(=O)C(CCc1cc2c(cc1F)CC(CN1CCC1)C2Cc1ccccc1)C1CC1. The molecular formula is C26H33FN2O2S. The van der Waals surface area contributed by atoms with Crippen molar-refractivity contribution in [2.24, 2.45) is 17.0 Å². The van der Waals surface area contributed by atoms with Crippen LogP contribution in [0.2, 0.25) is 0 Å². The van der Waals surface area contributed by atoms with Crippen molar-refractivity contribution in [1.29, 1.82) is 0 Å². The van der Waals surface area contributed by atoms with Crippen molar-refractivity contribution >= 4 is 10.0 Å². The third-order valence-electron chi connectivity index (χ3n) is 7.77. The zero-order chi connectivity index (χ0) is 22.3. The van der Waals surface area contributed by atoms with Gasteiger partial charge in [0.05, 0.1) is 5.25 Å². The van der Waals surface area contributed by atoms with E-state index in [0.717, 1.165) is 37.8 Å². The van der Waals surface area contributed by atoms with E-state index in [4.69, 9.17) is 5.14 Å². The first-order valence-corrected chi connectivity index (χ1v) is 13.6. The number of halogens is 1. The van der Waals surface area contributed by atoms with Gasteiger partial charge < -0.3 is 4.90 Å². The van der Waals surface area contributed by atoms with Crippen molar-refractivity contribution in [1.82, 2.24) is 4.90 Å². The van der Waals surface area contributed by atoms with E-state index in [0.29, 0.717) is 30.2 Å². The largest absolute Gasteiger partial charge is 0.303 e. The number of nitrogens with zero attached hydrogens (tertiary/aromatic N) is 1. The number of hydrogen-bond donors (Lipinski definition) is 1. The quantitative estimate of drug-likeness (QED) is 0.620. The minimum Gasteiger partial charge on any atom is -0.303 e. The second kappa shape index (κ2) is 8.88. The molecule has 2 fully saturated rings. The van der Waals surface area contributed by atoms with Crippen molar-refractivity contribution in [3.63, 3.8) is 0 Å². The zero-order valence-electron chi connectivity index (χ0n) is 18.5. The Morgan fingerprint density at radius 3 is 2.50 bits per heavy atom. The van der Waals surface area contributed by atoms with Crippen LogP contribution < -0.4 is 5.14 Å². The molecule has 0 radical (unpaired) electrons. The predicted octanol–water partition coefficient (Wildman–Crippen LogP) is 4.03. The summed E-state index contributed by atoms with van der Waals surface area (Å²) < 4.78 is 39.1. The lowest BCUT2D eigenvalue weighted by atomic mass is 9.85. The standard InChI is InChI=1S/C26H33FN2O2S/c27-25-16-21-14-22(17-29-11-4-12-29)23(13-18-5-2-1-3-6-18)24(21)15-20(25)9-10-26(19-7-8-19)32(28,30)31/h1-3,5-6,15-16,19,22-23,26H,4,7-14,17H2,(H2,28,30,31). The highest BCUT2D eigenvalue weighted by Gasteiger charge is 2.39. The summed E-state index contributed by atoms with van der Waals surface area (Å²) in [6, 6.07) is 14.3. The highest BCUT2D eigenvalue weighted by atomic mass is 32.2. The van der Waals surface area contributed by atoms with Crippen LogP contribution >= 0.6 is 0 Å². The van der Waals surface area contributed by atoms with Crippen molar-refractivity contribution in [3.8, 4) is 0 Å². The molecule has 0 spiro atoms. The summed E-state index contributed by atoms with van der Waals surface area (Å²) >= 11 is 0. The summed E-state index contributed by atoms with van der Waals surface area (Å²) in [5, 5.41) is 4.93. The van der Waals surface area contributed by atoms with Gasteiger partial charge in [-0.25, -0.2) is 17.9 Å². The van der Waals surface area contributed by atoms with E-state index in [1.54, 1.807) is 6.07 Å². The number of sulfonamides is 1. The number of fused-ring (bicyclic) bond motifs is 1. The van der Waals surface area contributed by atoms with Gasteiger partial charge in [0.15, 0.2) is 0 Å². The third kappa shape index (κ3) is 4.78. The van der Waals surface area contributed by atoms with Gasteiger partial charge in [0.1, 0.15) is 5.82 Å². The molecule has 4 nitrogen and oxygen atoms in total. The van der Waals surface area contributed by atoms with Gasteiger partial charge in [0.2, 0.25) is 10.0 Å². The maximum absolute atomic E-state index is 15.0. The van der Waals surface area contributed by atoms with Crippen molar-refractivity contribution in [2.75, 3.05) is 19.6 Å². The van der Waals surface area contributed by atoms with Crippen molar-refractivity contribution in [2.45, 2.75) is 56.1 Å². The molecule has 32 heavy (non-hydrogen) atoms. The minimum atomic E-state index is -3.59. The van der Waals surface area contributed by atoms with Gasteiger partial charge in [-0.05, 0) is 104 Å². The Morgan fingerprint density at radius 1 is 1.12 bits per heavy atom. The van der Waals surface area contributed by atoms with Crippen LogP contribution in [0.4, 0.5) is 4.39 Å². The number of benzene rings is 2. The number of primary sulfonamides is 1. The maximum Gasteiger partial charge on any atom is 0.212 e. The van der Waals surface area contributed by atoms with Gasteiger partial charge in [-0.3, -0.25) is 0 Å². The molecule has 2 aromatic carbocycles. The topological polar surface area (TPSA) is 63.4 Å². The van der Waals surface area contributed by atoms with E-state index in [1.807, 2.05) is 12.1 Å². The lowest BCUT2D eigenvalue weighted by Gasteiger charge is -2.35. The average Bonchev–Trinajstić information content (AvgIpc) is 3.49. The number of rotatable bonds is 9. The molecule has 3 unspecified atom stereocenters. The van der Waals surface area contributed by atoms with E-state index in [9.17, 15) is 8.42 Å². The molecule has 2 N–H and O–H groups in total. The van der Waals surface area contributed by atoms with Crippen LogP contribution in [0.1, 0.15) is 53.9 Å². The predicted molar refractivity (Wildman–Crippen MR) is 125 cm³/mol. The van der Waals surface area contributed by atoms with Crippen LogP contribution in [-0.4, -0.2) is 38.2 Å². The maximum atomic E-state index is 15.0. The second-order valence-corrected chi connectivity index (χ2v) is 11.8. The molecule has 1 aliphatic heterocycles. The summed E-state index contributed by atoms with van der Waals surface area (Å²) in [6.07, 6.45) is 5.79. The van der Waals surface area contributed by atoms with E-state index in [2.05, 4.69) is 29.2 Å². The summed E-state index contributed by atoms with van der Waals surface area (Å²) in [5.74, 6) is 0.804. The number of hydrogen-bond acceptors (Lipinski definition) is 3. The Bertz CT molecular complexity index is 1060. The molecule has 172 valence electrons. The van der Waals surface area contributed by atoms with Crippen LogP contribution in [0.3, 0.4) is 0 Å². The van der Waals surface area contributed by atoms with Crippen LogP contribution in [0.5, 0.6) is 0 Å². The monoisotopic (exact) mass is 456 g/mol. The lowest BCUT2D eigenvalue weighted by Crippen LogP contribution is -2.41. The van der Waals surface area contributed by atoms with Gasteiger partial charge in [-0.1, -0.05) is 36.4 Å². The first kappa shape index (κ1) is 22.1. The van der Waals surface area contributed by atoms with Crippen LogP contribution in [0.25, 0.3) is 0 Å². The van der Waals surface area contributed by atoms with Crippen molar-refractivity contribution in [3.05, 3.63) is 70.5 Å². The minimum absolute atomic E-state index is 0.147. The fourth-order valence-corrected chi connectivity index (χ4v) is 6.99. The highest BCUT2D eigenvalue weighted by Crippen LogP contribution is 2.43. The molecule has 0 aromatic heterocycles. The molecule has 0 bridgehead atoms. The third-order valence-corrected chi connectivity index (χ3v) is 9.23. The molecule has 6 heteroatoms. The van der Waals surface area contributed by atoms with Crippen LogP contribution in [-0.2, 0) is 29.3 Å². The average molecular weight is 457 g/mol. The van der Waals surface area contributed by atoms with Crippen molar-refractivity contribution < 1.29 is 12.8 Å². The van der Waals surface area contributed by atoms with E-state index < -0.39 is 15.3 Å². The van der Waals surface area contributed by atoms with Crippen LogP contribution in [0, 0.1) is 17.7 Å². The molecule has 1 saturated carbocycles. The summed E-state index contributed by atoms with van der Waals surface area (Å²) in [4.78, 5) is 2.51. The van der Waals surface area contributed by atoms with E-state index in [1.165, 1.54) is 30.6 Å². The molecule has 0 amide bonds. The molecular weight excluding hydrogens is 423 g/mol. The first-order chi connectivity index (χ1) is 15.4. The second-order valence-electron chi connectivity index (χ2n) is 10.1. The smallest absolute Gasteiger partial charge is 0.212 e. The molecule has 1 saturated heterocycles. The first-order valence-electron chi connectivity index (χ1n) is 12.0. The lowest BCUT2D eigenvalue weighted by molar-refractivity contribution is 0.145. The van der Waals surface area contributed by atoms with E-state index in [-0.39, 0.29) is 11.7 Å². The zero-order valence-corrected chi connectivity index (χ0v) is 19.4. The summed E-state index contributed by atoms with van der Waals surface area (Å²) in [6.45, 7) is 3.40. The molecule has 3 atom stereocenters. The normalized spacial score (nSPS) is 24.2. The highest BCUT2D eigenvalue weighted by molar-refractivity contribution is 7.89. The fourth-order valence-electron chi connectivity index (χ4n) is 5.74. The number of likely N-dealkylation sites (tertiary alicyclic amines) is 1. The molecule has 5 rings (SSSR count). The Hall–Kier alpha value is -1.76. The van der Waals surface area contributed by atoms with Gasteiger partial charge in [0.25, 0.3) is 0 Å². The summed E-state index contributed by atoms with van der Waals surface area (Å²) in [7, 11) is -3.59. The Labute approximate surface area is 191 Å². The Kier molecular flexibility index (Phi) is 6.12. The van der Waals surface area contributed by atoms with Gasteiger partial charge >= 0.3 is 0 Å². The molecule has 3 aliphatic rings. The van der Waals surface area contributed by atoms with Gasteiger partial charge in [0, 0.05) is 6.54 Å². The fraction of sp³-hybridized carbons (Fsp3) is 0.538. The molecule has 1 heterocycles. The van der Waals surface area contributed by atoms with Gasteiger partial charge in [-0.15, -0.1) is 0 Å². The molecule has 2 aromatic rings. The van der Waals surface area contributed by atoms with E-state index >= 15 is 4.39 Å². The molecule has 2 aliphatic carbocycles. The number of aryl methyl sites for hydroxylation is 1. The Morgan fingerprint density at radius 2 is 1.88 bits per heavy atom. The summed E-state index contributed by atoms with van der Waals surface area (Å²) in [5.41, 5.74) is 4.34.